The molecule has 0 unspecified atom stereocenters. The lowest BCUT2D eigenvalue weighted by atomic mass is 9.79. The Morgan fingerprint density at radius 2 is 1.00 bits per heavy atom. The molecule has 0 spiro atoms. The molecular weight excluding hydrogens is 264 g/mol. The molecule has 19 heavy (non-hydrogen) atoms. The summed E-state index contributed by atoms with van der Waals surface area (Å²) < 4.78 is 0. The van der Waals surface area contributed by atoms with Crippen LogP contribution in [0.15, 0.2) is 0 Å². The van der Waals surface area contributed by atoms with E-state index < -0.39 is 0 Å². The van der Waals surface area contributed by atoms with E-state index in [0.717, 1.165) is 24.9 Å². The molecule has 0 aliphatic carbocycles. The summed E-state index contributed by atoms with van der Waals surface area (Å²) in [4.78, 5) is 4.77. The van der Waals surface area contributed by atoms with Gasteiger partial charge < -0.3 is 20.0 Å². The summed E-state index contributed by atoms with van der Waals surface area (Å²) >= 11 is 0. The molecule has 0 bridgehead atoms. The van der Waals surface area contributed by atoms with Gasteiger partial charge in [-0.25, -0.2) is 0 Å². The topological polar surface area (TPSA) is 46.9 Å². The molecule has 2 N–H and O–H groups in total. The molecule has 0 aromatic rings. The second-order valence-electron chi connectivity index (χ2n) is 5.81. The number of piperidine rings is 2. The zero-order valence-corrected chi connectivity index (χ0v) is 12.7. The van der Waals surface area contributed by atoms with Crippen LogP contribution >= 0.6 is 12.4 Å². The number of rotatable bonds is 5. The van der Waals surface area contributed by atoms with Crippen molar-refractivity contribution in [1.29, 1.82) is 0 Å². The Balaban J connectivity index is 0.00000180. The fourth-order valence-corrected chi connectivity index (χ4v) is 3.58. The molecular formula is C14H29ClN2O2. The Kier molecular flexibility index (Phi) is 8.26. The molecule has 0 amide bonds. The zero-order chi connectivity index (χ0) is 12.8. The Morgan fingerprint density at radius 1 is 0.684 bits per heavy atom. The minimum Gasteiger partial charge on any atom is -0.395 e. The number of likely N-dealkylation sites (tertiary alicyclic amines) is 2. The van der Waals surface area contributed by atoms with Gasteiger partial charge in [-0.05, 0) is 63.7 Å². The number of aliphatic hydroxyl groups excluding tert-OH is 2. The molecule has 2 fully saturated rings. The van der Waals surface area contributed by atoms with Gasteiger partial charge in [0, 0.05) is 13.1 Å². The Labute approximate surface area is 123 Å². The molecule has 5 heteroatoms. The van der Waals surface area contributed by atoms with Gasteiger partial charge >= 0.3 is 0 Å². The summed E-state index contributed by atoms with van der Waals surface area (Å²) in [6.45, 7) is 6.96. The highest BCUT2D eigenvalue weighted by atomic mass is 35.5. The van der Waals surface area contributed by atoms with Crippen molar-refractivity contribution in [2.24, 2.45) is 11.8 Å². The van der Waals surface area contributed by atoms with Crippen LogP contribution in [0.1, 0.15) is 25.7 Å². The second kappa shape index (κ2) is 9.14. The Morgan fingerprint density at radius 3 is 1.26 bits per heavy atom. The van der Waals surface area contributed by atoms with E-state index in [4.69, 9.17) is 10.2 Å². The van der Waals surface area contributed by atoms with Crippen molar-refractivity contribution in [2.75, 3.05) is 52.5 Å². The van der Waals surface area contributed by atoms with Crippen LogP contribution in [0.2, 0.25) is 0 Å². The normalized spacial score (nSPS) is 24.3. The lowest BCUT2D eigenvalue weighted by Crippen LogP contribution is -2.42. The third-order valence-corrected chi connectivity index (χ3v) is 4.76. The van der Waals surface area contributed by atoms with Crippen molar-refractivity contribution in [3.63, 3.8) is 0 Å². The number of nitrogens with zero attached hydrogens (tertiary/aromatic N) is 2. The highest BCUT2D eigenvalue weighted by Crippen LogP contribution is 2.32. The fourth-order valence-electron chi connectivity index (χ4n) is 3.58. The zero-order valence-electron chi connectivity index (χ0n) is 11.8. The predicted molar refractivity (Wildman–Crippen MR) is 79.7 cm³/mol. The molecule has 2 aliphatic rings. The van der Waals surface area contributed by atoms with Gasteiger partial charge in [0.15, 0.2) is 0 Å². The predicted octanol–water partition coefficient (Wildman–Crippen LogP) is 0.817. The van der Waals surface area contributed by atoms with Gasteiger partial charge in [0.1, 0.15) is 0 Å². The Hall–Kier alpha value is 0.130. The van der Waals surface area contributed by atoms with Gasteiger partial charge in [-0.2, -0.15) is 0 Å². The third kappa shape index (κ3) is 5.20. The van der Waals surface area contributed by atoms with Crippen molar-refractivity contribution in [3.05, 3.63) is 0 Å². The molecule has 2 aliphatic heterocycles. The SMILES string of the molecule is Cl.OCCN1CCC(C2CCN(CCO)CC2)CC1. The minimum absolute atomic E-state index is 0. The summed E-state index contributed by atoms with van der Waals surface area (Å²) in [6.07, 6.45) is 5.24. The molecule has 0 saturated carbocycles. The van der Waals surface area contributed by atoms with Gasteiger partial charge in [0.05, 0.1) is 13.2 Å². The molecule has 2 saturated heterocycles. The number of aliphatic hydroxyl groups is 2. The number of hydrogen-bond acceptors (Lipinski definition) is 4. The van der Waals surface area contributed by atoms with E-state index in [2.05, 4.69) is 9.80 Å². The van der Waals surface area contributed by atoms with Crippen molar-refractivity contribution < 1.29 is 10.2 Å². The maximum absolute atomic E-state index is 8.95. The van der Waals surface area contributed by atoms with E-state index in [0.29, 0.717) is 13.2 Å². The first-order valence-corrected chi connectivity index (χ1v) is 7.50. The van der Waals surface area contributed by atoms with Crippen LogP contribution in [0.5, 0.6) is 0 Å². The van der Waals surface area contributed by atoms with Crippen LogP contribution in [-0.2, 0) is 0 Å². The van der Waals surface area contributed by atoms with E-state index in [9.17, 15) is 0 Å². The number of hydrogen-bond donors (Lipinski definition) is 2. The minimum atomic E-state index is 0. The van der Waals surface area contributed by atoms with Crippen LogP contribution in [0.3, 0.4) is 0 Å². The van der Waals surface area contributed by atoms with Crippen LogP contribution in [0, 0.1) is 11.8 Å². The standard InChI is InChI=1S/C14H28N2O2.ClH/c17-11-9-15-5-1-13(2-6-15)14-3-7-16(8-4-14)10-12-18;/h13-14,17-18H,1-12H2;1H. The summed E-state index contributed by atoms with van der Waals surface area (Å²) in [7, 11) is 0. The quantitative estimate of drug-likeness (QED) is 0.788. The van der Waals surface area contributed by atoms with Crippen molar-refractivity contribution in [3.8, 4) is 0 Å². The maximum atomic E-state index is 8.95. The maximum Gasteiger partial charge on any atom is 0.0558 e. The monoisotopic (exact) mass is 292 g/mol. The summed E-state index contributed by atoms with van der Waals surface area (Å²) in [5.41, 5.74) is 0. The summed E-state index contributed by atoms with van der Waals surface area (Å²) in [5.74, 6) is 1.80. The van der Waals surface area contributed by atoms with Gasteiger partial charge in [0.2, 0.25) is 0 Å². The van der Waals surface area contributed by atoms with Gasteiger partial charge in [0.25, 0.3) is 0 Å². The lowest BCUT2D eigenvalue weighted by Gasteiger charge is -2.40. The second-order valence-corrected chi connectivity index (χ2v) is 5.81. The molecule has 0 atom stereocenters. The highest BCUT2D eigenvalue weighted by molar-refractivity contribution is 5.85. The largest absolute Gasteiger partial charge is 0.395 e. The van der Waals surface area contributed by atoms with Gasteiger partial charge in [-0.15, -0.1) is 12.4 Å². The molecule has 114 valence electrons. The Bertz CT molecular complexity index is 203. The van der Waals surface area contributed by atoms with Gasteiger partial charge in [-0.1, -0.05) is 0 Å². The first kappa shape index (κ1) is 17.2. The van der Waals surface area contributed by atoms with Crippen LogP contribution in [0.25, 0.3) is 0 Å². The fraction of sp³-hybridized carbons (Fsp3) is 1.00. The molecule has 2 heterocycles. The number of β-amino-alcohol motifs (C(OH)–C–C–N with tert-alkyl or cyclic N) is 2. The molecule has 2 rings (SSSR count). The molecule has 0 aromatic heterocycles. The van der Waals surface area contributed by atoms with Crippen LogP contribution < -0.4 is 0 Å². The van der Waals surface area contributed by atoms with E-state index in [1.165, 1.54) is 51.9 Å². The van der Waals surface area contributed by atoms with E-state index >= 15 is 0 Å². The number of halogens is 1. The van der Waals surface area contributed by atoms with E-state index in [-0.39, 0.29) is 12.4 Å². The van der Waals surface area contributed by atoms with Crippen molar-refractivity contribution in [1.82, 2.24) is 9.80 Å². The van der Waals surface area contributed by atoms with E-state index in [1.54, 1.807) is 0 Å². The van der Waals surface area contributed by atoms with Crippen LogP contribution in [0.4, 0.5) is 0 Å². The lowest BCUT2D eigenvalue weighted by molar-refractivity contribution is 0.0811. The summed E-state index contributed by atoms with van der Waals surface area (Å²) in [6, 6.07) is 0. The smallest absolute Gasteiger partial charge is 0.0558 e. The summed E-state index contributed by atoms with van der Waals surface area (Å²) in [5, 5.41) is 17.9. The third-order valence-electron chi connectivity index (χ3n) is 4.76. The average molecular weight is 293 g/mol. The first-order chi connectivity index (χ1) is 8.83. The van der Waals surface area contributed by atoms with E-state index in [1.807, 2.05) is 0 Å². The highest BCUT2D eigenvalue weighted by Gasteiger charge is 2.29. The van der Waals surface area contributed by atoms with Crippen LogP contribution in [-0.4, -0.2) is 72.5 Å². The molecule has 0 radical (unpaired) electrons. The van der Waals surface area contributed by atoms with Gasteiger partial charge in [-0.3, -0.25) is 0 Å². The van der Waals surface area contributed by atoms with Crippen molar-refractivity contribution >= 4 is 12.4 Å². The first-order valence-electron chi connectivity index (χ1n) is 7.50. The molecule has 0 aromatic carbocycles. The van der Waals surface area contributed by atoms with Crippen molar-refractivity contribution in [2.45, 2.75) is 25.7 Å². The molecule has 4 nitrogen and oxygen atoms in total. The average Bonchev–Trinajstić information content (AvgIpc) is 2.41.